The van der Waals surface area contributed by atoms with Crippen LogP contribution < -0.4 is 26.7 Å². The minimum Gasteiger partial charge on any atom is -0.505 e. The number of carbonyl (C=O) groups excluding carboxylic acids is 1. The smallest absolute Gasteiger partial charge is 0.346 e. The Morgan fingerprint density at radius 2 is 2.06 bits per heavy atom. The molecular formula is C23H26N5O6PS. The van der Waals surface area contributed by atoms with Gasteiger partial charge < -0.3 is 25.8 Å². The number of aromatic hydroxyl groups is 1. The fourth-order valence-corrected chi connectivity index (χ4v) is 5.43. The van der Waals surface area contributed by atoms with Gasteiger partial charge in [0.15, 0.2) is 18.2 Å². The molecule has 0 aliphatic carbocycles. The summed E-state index contributed by atoms with van der Waals surface area (Å²) in [4.78, 5) is 35.2. The SMILES string of the molecule is CC(C)(C)CCn1nc(-c2ccsc2)c(O)c(C2=NP(=O)(O)c3cc(OCC(N)=O)ccc3N2)c1=O. The number of aryl methyl sites for hydroxylation is 1. The standard InChI is InChI=1S/C23H26N5O6PS/c1-23(2,3)7-8-28-22(31)18(20(30)19(26-28)13-6-9-36-12-13)21-25-15-5-4-14(34-11-17(24)29)10-16(15)35(32,33)27-21/h4-6,9-10,12,30H,7-8,11H2,1-3H3,(H2,24,29)(H2,25,27,32,33). The summed E-state index contributed by atoms with van der Waals surface area (Å²) in [5.41, 5.74) is 5.06. The number of carbonyl (C=O) groups is 1. The van der Waals surface area contributed by atoms with Gasteiger partial charge in [-0.1, -0.05) is 20.8 Å². The highest BCUT2D eigenvalue weighted by molar-refractivity contribution is 7.65. The third kappa shape index (κ3) is 5.35. The van der Waals surface area contributed by atoms with Gasteiger partial charge in [0.05, 0.1) is 11.0 Å². The Hall–Kier alpha value is -3.47. The maximum absolute atomic E-state index is 13.4. The van der Waals surface area contributed by atoms with E-state index in [-0.39, 0.29) is 45.8 Å². The van der Waals surface area contributed by atoms with E-state index < -0.39 is 31.3 Å². The third-order valence-corrected chi connectivity index (χ3v) is 7.54. The molecule has 1 amide bonds. The fraction of sp³-hybridized carbons (Fsp3) is 0.304. The molecule has 13 heteroatoms. The number of aromatic nitrogens is 2. The minimum absolute atomic E-state index is 0.0760. The molecule has 11 nitrogen and oxygen atoms in total. The number of rotatable bonds is 7. The van der Waals surface area contributed by atoms with Crippen LogP contribution in [0.3, 0.4) is 0 Å². The lowest BCUT2D eigenvalue weighted by Crippen LogP contribution is -2.35. The lowest BCUT2D eigenvalue weighted by Gasteiger charge is -2.24. The van der Waals surface area contributed by atoms with Gasteiger partial charge in [-0.05, 0) is 41.5 Å². The van der Waals surface area contributed by atoms with Crippen LogP contribution in [0.2, 0.25) is 0 Å². The topological polar surface area (TPSA) is 169 Å². The second-order valence-electron chi connectivity index (χ2n) is 9.47. The van der Waals surface area contributed by atoms with Gasteiger partial charge in [0, 0.05) is 17.5 Å². The van der Waals surface area contributed by atoms with E-state index in [1.165, 1.54) is 34.2 Å². The number of anilines is 1. The van der Waals surface area contributed by atoms with Gasteiger partial charge in [0.2, 0.25) is 0 Å². The first-order valence-corrected chi connectivity index (χ1v) is 13.5. The van der Waals surface area contributed by atoms with E-state index in [0.717, 1.165) is 0 Å². The van der Waals surface area contributed by atoms with Crippen LogP contribution in [0.15, 0.2) is 44.6 Å². The van der Waals surface area contributed by atoms with Crippen molar-refractivity contribution in [3.63, 3.8) is 0 Å². The molecule has 190 valence electrons. The molecule has 4 rings (SSSR count). The molecular weight excluding hydrogens is 505 g/mol. The van der Waals surface area contributed by atoms with Gasteiger partial charge in [-0.3, -0.25) is 14.2 Å². The van der Waals surface area contributed by atoms with Gasteiger partial charge in [-0.15, -0.1) is 0 Å². The molecule has 1 atom stereocenters. The predicted molar refractivity (Wildman–Crippen MR) is 138 cm³/mol. The molecule has 1 unspecified atom stereocenters. The first-order chi connectivity index (χ1) is 16.9. The maximum Gasteiger partial charge on any atom is 0.346 e. The van der Waals surface area contributed by atoms with E-state index in [1.807, 2.05) is 26.2 Å². The number of benzene rings is 1. The van der Waals surface area contributed by atoms with E-state index in [4.69, 9.17) is 10.5 Å². The summed E-state index contributed by atoms with van der Waals surface area (Å²) in [7, 11) is -4.39. The number of hydrogen-bond donors (Lipinski definition) is 4. The first kappa shape index (κ1) is 25.6. The van der Waals surface area contributed by atoms with E-state index in [1.54, 1.807) is 11.4 Å². The Kier molecular flexibility index (Phi) is 6.78. The largest absolute Gasteiger partial charge is 0.505 e. The third-order valence-electron chi connectivity index (χ3n) is 5.39. The summed E-state index contributed by atoms with van der Waals surface area (Å²) < 4.78 is 23.6. The summed E-state index contributed by atoms with van der Waals surface area (Å²) in [6.45, 7) is 5.97. The zero-order chi connectivity index (χ0) is 26.3. The number of nitrogens with two attached hydrogens (primary N) is 1. The lowest BCUT2D eigenvalue weighted by atomic mass is 9.92. The zero-order valence-electron chi connectivity index (χ0n) is 19.9. The Bertz CT molecular complexity index is 1460. The average molecular weight is 532 g/mol. The highest BCUT2D eigenvalue weighted by atomic mass is 32.1. The average Bonchev–Trinajstić information content (AvgIpc) is 3.31. The number of fused-ring (bicyclic) bond motifs is 1. The minimum atomic E-state index is -4.39. The number of amidine groups is 1. The second kappa shape index (κ2) is 9.53. The van der Waals surface area contributed by atoms with Gasteiger partial charge in [-0.25, -0.2) is 4.68 Å². The van der Waals surface area contributed by atoms with Crippen LogP contribution >= 0.6 is 18.9 Å². The van der Waals surface area contributed by atoms with Crippen LogP contribution in [0.4, 0.5) is 5.69 Å². The van der Waals surface area contributed by atoms with E-state index in [0.29, 0.717) is 12.0 Å². The van der Waals surface area contributed by atoms with E-state index in [9.17, 15) is 24.2 Å². The van der Waals surface area contributed by atoms with Crippen LogP contribution in [-0.2, 0) is 15.9 Å². The molecule has 1 aliphatic rings. The number of amides is 1. The maximum atomic E-state index is 13.4. The van der Waals surface area contributed by atoms with Crippen molar-refractivity contribution < 1.29 is 24.1 Å². The Labute approximate surface area is 210 Å². The lowest BCUT2D eigenvalue weighted by molar-refractivity contribution is -0.119. The van der Waals surface area contributed by atoms with Gasteiger partial charge in [0.1, 0.15) is 17.0 Å². The number of primary amides is 1. The number of nitrogens with zero attached hydrogens (tertiary/aromatic N) is 3. The van der Waals surface area contributed by atoms with Crippen LogP contribution in [-0.4, -0.2) is 38.1 Å². The quantitative estimate of drug-likeness (QED) is 0.337. The predicted octanol–water partition coefficient (Wildman–Crippen LogP) is 2.66. The molecule has 1 aliphatic heterocycles. The molecule has 5 N–H and O–H groups in total. The molecule has 0 fully saturated rings. The second-order valence-corrected chi connectivity index (χ2v) is 12.0. The summed E-state index contributed by atoms with van der Waals surface area (Å²) in [5, 5.41) is 21.9. The monoisotopic (exact) mass is 531 g/mol. The van der Waals surface area contributed by atoms with Crippen molar-refractivity contribution in [3.05, 3.63) is 50.9 Å². The molecule has 1 aromatic carbocycles. The molecule has 0 radical (unpaired) electrons. The molecule has 0 spiro atoms. The van der Waals surface area contributed by atoms with Gasteiger partial charge in [0.25, 0.3) is 11.5 Å². The molecule has 36 heavy (non-hydrogen) atoms. The van der Waals surface area contributed by atoms with Gasteiger partial charge in [-0.2, -0.15) is 21.2 Å². The normalized spacial score (nSPS) is 17.2. The van der Waals surface area contributed by atoms with Crippen molar-refractivity contribution in [3.8, 4) is 22.8 Å². The number of hydrogen-bond acceptors (Lipinski definition) is 8. The molecule has 0 saturated heterocycles. The Morgan fingerprint density at radius 3 is 2.69 bits per heavy atom. The van der Waals surface area contributed by atoms with Crippen LogP contribution in [0, 0.1) is 5.41 Å². The molecule has 2 aromatic heterocycles. The van der Waals surface area contributed by atoms with Crippen molar-refractivity contribution in [2.75, 3.05) is 11.9 Å². The van der Waals surface area contributed by atoms with Crippen molar-refractivity contribution >= 4 is 41.6 Å². The number of nitrogens with one attached hydrogen (secondary N) is 1. The van der Waals surface area contributed by atoms with E-state index >= 15 is 0 Å². The molecule has 0 bridgehead atoms. The Balaban J connectivity index is 1.82. The summed E-state index contributed by atoms with van der Waals surface area (Å²) in [6.07, 6.45) is 0.627. The highest BCUT2D eigenvalue weighted by Crippen LogP contribution is 2.48. The van der Waals surface area contributed by atoms with Crippen LogP contribution in [0.1, 0.15) is 32.8 Å². The first-order valence-electron chi connectivity index (χ1n) is 11.0. The summed E-state index contributed by atoms with van der Waals surface area (Å²) in [5.74, 6) is -1.24. The van der Waals surface area contributed by atoms with Crippen molar-refractivity contribution in [1.82, 2.24) is 9.78 Å². The number of thiophene rings is 1. The molecule has 0 saturated carbocycles. The van der Waals surface area contributed by atoms with Crippen LogP contribution in [0.25, 0.3) is 11.3 Å². The molecule has 3 heterocycles. The van der Waals surface area contributed by atoms with Gasteiger partial charge >= 0.3 is 7.52 Å². The summed E-state index contributed by atoms with van der Waals surface area (Å²) in [6, 6.07) is 5.96. The van der Waals surface area contributed by atoms with Crippen molar-refractivity contribution in [2.24, 2.45) is 15.9 Å². The number of ether oxygens (including phenoxy) is 1. The zero-order valence-corrected chi connectivity index (χ0v) is 21.6. The summed E-state index contributed by atoms with van der Waals surface area (Å²) >= 11 is 1.40. The van der Waals surface area contributed by atoms with E-state index in [2.05, 4.69) is 15.2 Å². The Morgan fingerprint density at radius 1 is 1.31 bits per heavy atom. The molecule has 3 aromatic rings. The highest BCUT2D eigenvalue weighted by Gasteiger charge is 2.34. The van der Waals surface area contributed by atoms with Crippen molar-refractivity contribution in [2.45, 2.75) is 33.7 Å². The van der Waals surface area contributed by atoms with Crippen LogP contribution in [0.5, 0.6) is 11.5 Å². The van der Waals surface area contributed by atoms with Crippen molar-refractivity contribution in [1.29, 1.82) is 0 Å². The fourth-order valence-electron chi connectivity index (χ4n) is 3.52.